The molecule has 7 nitrogen and oxygen atoms in total. The van der Waals surface area contributed by atoms with Crippen LogP contribution in [0, 0.1) is 11.3 Å². The molecular formula is C20H19N3O4. The standard InChI is InChI=1S/C20H19N3O4/c1-4-10-23-15-9-7-6-8-13(15)20(19(23)25)14(11-21)17(22)27-12(3)16(20)18(24)26-5-2/h4,6-9H,1,5,10,22H2,2-3H3/t20-/m1/s1. The zero-order chi connectivity index (χ0) is 19.8. The van der Waals surface area contributed by atoms with Crippen LogP contribution in [0.4, 0.5) is 5.69 Å². The Morgan fingerprint density at radius 3 is 2.81 bits per heavy atom. The molecular weight excluding hydrogens is 346 g/mol. The third-order valence-electron chi connectivity index (χ3n) is 4.68. The van der Waals surface area contributed by atoms with Crippen molar-refractivity contribution in [1.29, 1.82) is 5.26 Å². The Hall–Kier alpha value is -3.53. The number of anilines is 1. The highest BCUT2D eigenvalue weighted by Crippen LogP contribution is 2.53. The largest absolute Gasteiger partial charge is 0.462 e. The van der Waals surface area contributed by atoms with Gasteiger partial charge in [0.1, 0.15) is 23.0 Å². The molecule has 138 valence electrons. The molecule has 0 saturated carbocycles. The quantitative estimate of drug-likeness (QED) is 0.646. The molecule has 1 aromatic carbocycles. The van der Waals surface area contributed by atoms with Gasteiger partial charge in [0.15, 0.2) is 5.41 Å². The summed E-state index contributed by atoms with van der Waals surface area (Å²) in [7, 11) is 0. The maximum Gasteiger partial charge on any atom is 0.339 e. The van der Waals surface area contributed by atoms with Crippen molar-refractivity contribution in [3.05, 3.63) is 65.3 Å². The van der Waals surface area contributed by atoms with Crippen molar-refractivity contribution in [2.24, 2.45) is 5.73 Å². The van der Waals surface area contributed by atoms with E-state index in [0.717, 1.165) is 0 Å². The molecule has 0 radical (unpaired) electrons. The van der Waals surface area contributed by atoms with Crippen LogP contribution in [-0.4, -0.2) is 25.0 Å². The highest BCUT2D eigenvalue weighted by atomic mass is 16.5. The lowest BCUT2D eigenvalue weighted by molar-refractivity contribution is -0.141. The van der Waals surface area contributed by atoms with E-state index >= 15 is 0 Å². The minimum absolute atomic E-state index is 0.0286. The fourth-order valence-electron chi connectivity index (χ4n) is 3.73. The molecule has 0 aromatic heterocycles. The summed E-state index contributed by atoms with van der Waals surface area (Å²) in [4.78, 5) is 28.0. The Kier molecular flexibility index (Phi) is 4.50. The number of hydrogen-bond donors (Lipinski definition) is 1. The molecule has 3 rings (SSSR count). The fourth-order valence-corrected chi connectivity index (χ4v) is 3.73. The van der Waals surface area contributed by atoms with E-state index in [9.17, 15) is 14.9 Å². The second kappa shape index (κ2) is 6.65. The molecule has 1 atom stereocenters. The van der Waals surface area contributed by atoms with Crippen LogP contribution in [0.3, 0.4) is 0 Å². The van der Waals surface area contributed by atoms with Crippen LogP contribution >= 0.6 is 0 Å². The highest BCUT2D eigenvalue weighted by Gasteiger charge is 2.61. The van der Waals surface area contributed by atoms with Crippen LogP contribution in [0.5, 0.6) is 0 Å². The molecule has 1 aromatic rings. The van der Waals surface area contributed by atoms with Gasteiger partial charge in [-0.05, 0) is 19.9 Å². The normalized spacial score (nSPS) is 21.1. The van der Waals surface area contributed by atoms with Crippen molar-refractivity contribution in [2.75, 3.05) is 18.1 Å². The number of para-hydroxylation sites is 1. The second-order valence-electron chi connectivity index (χ2n) is 6.08. The average Bonchev–Trinajstić information content (AvgIpc) is 2.86. The van der Waals surface area contributed by atoms with Crippen LogP contribution in [0.1, 0.15) is 19.4 Å². The van der Waals surface area contributed by atoms with E-state index in [0.29, 0.717) is 11.3 Å². The SMILES string of the molecule is C=CCN1C(=O)[C@@]2(C(C#N)=C(N)OC(C)=C2C(=O)OCC)c2ccccc21. The first-order chi connectivity index (χ1) is 12.9. The van der Waals surface area contributed by atoms with Crippen LogP contribution in [0.15, 0.2) is 59.7 Å². The third-order valence-corrected chi connectivity index (χ3v) is 4.68. The number of esters is 1. The van der Waals surface area contributed by atoms with E-state index in [1.165, 1.54) is 11.8 Å². The molecule has 0 aliphatic carbocycles. The Balaban J connectivity index is 2.42. The molecule has 0 unspecified atom stereocenters. The number of nitriles is 1. The number of amides is 1. The maximum atomic E-state index is 13.6. The molecule has 1 spiro atoms. The summed E-state index contributed by atoms with van der Waals surface area (Å²) in [5.74, 6) is -1.26. The number of carbonyl (C=O) groups is 2. The topological polar surface area (TPSA) is 106 Å². The van der Waals surface area contributed by atoms with Crippen molar-refractivity contribution >= 4 is 17.6 Å². The predicted molar refractivity (Wildman–Crippen MR) is 97.9 cm³/mol. The number of nitrogens with zero attached hydrogens (tertiary/aromatic N) is 2. The van der Waals surface area contributed by atoms with Gasteiger partial charge in [-0.25, -0.2) is 4.79 Å². The number of hydrogen-bond acceptors (Lipinski definition) is 6. The number of allylic oxidation sites excluding steroid dienone is 1. The van der Waals surface area contributed by atoms with E-state index in [4.69, 9.17) is 15.2 Å². The van der Waals surface area contributed by atoms with Gasteiger partial charge in [0.2, 0.25) is 11.8 Å². The first kappa shape index (κ1) is 18.3. The fraction of sp³-hybridized carbons (Fsp3) is 0.250. The predicted octanol–water partition coefficient (Wildman–Crippen LogP) is 2.02. The summed E-state index contributed by atoms with van der Waals surface area (Å²) in [6.45, 7) is 7.21. The number of ether oxygens (including phenoxy) is 2. The highest BCUT2D eigenvalue weighted by molar-refractivity contribution is 6.18. The van der Waals surface area contributed by atoms with Crippen LogP contribution < -0.4 is 10.6 Å². The summed E-state index contributed by atoms with van der Waals surface area (Å²) in [5.41, 5.74) is 5.18. The van der Waals surface area contributed by atoms with Crippen LogP contribution in [-0.2, 0) is 24.5 Å². The van der Waals surface area contributed by atoms with Crippen molar-refractivity contribution in [1.82, 2.24) is 0 Å². The first-order valence-electron chi connectivity index (χ1n) is 8.44. The Labute approximate surface area is 157 Å². The monoisotopic (exact) mass is 365 g/mol. The minimum atomic E-state index is -1.70. The zero-order valence-electron chi connectivity index (χ0n) is 15.1. The molecule has 2 heterocycles. The van der Waals surface area contributed by atoms with Crippen molar-refractivity contribution in [2.45, 2.75) is 19.3 Å². The third kappa shape index (κ3) is 2.34. The van der Waals surface area contributed by atoms with Crippen LogP contribution in [0.2, 0.25) is 0 Å². The van der Waals surface area contributed by atoms with Gasteiger partial charge in [-0.15, -0.1) is 6.58 Å². The van der Waals surface area contributed by atoms with Gasteiger partial charge in [-0.2, -0.15) is 5.26 Å². The number of carbonyl (C=O) groups excluding carboxylic acids is 2. The number of nitrogens with two attached hydrogens (primary N) is 1. The Morgan fingerprint density at radius 2 is 2.19 bits per heavy atom. The van der Waals surface area contributed by atoms with Crippen molar-refractivity contribution in [3.63, 3.8) is 0 Å². The second-order valence-corrected chi connectivity index (χ2v) is 6.08. The van der Waals surface area contributed by atoms with Gasteiger partial charge in [-0.3, -0.25) is 4.79 Å². The number of rotatable bonds is 4. The lowest BCUT2D eigenvalue weighted by atomic mass is 9.68. The summed E-state index contributed by atoms with van der Waals surface area (Å²) in [6, 6.07) is 8.96. The van der Waals surface area contributed by atoms with E-state index in [-0.39, 0.29) is 35.9 Å². The van der Waals surface area contributed by atoms with Gasteiger partial charge in [0, 0.05) is 17.8 Å². The lowest BCUT2D eigenvalue weighted by Gasteiger charge is -2.34. The van der Waals surface area contributed by atoms with E-state index in [1.54, 1.807) is 37.3 Å². The summed E-state index contributed by atoms with van der Waals surface area (Å²) in [5, 5.41) is 9.83. The van der Waals surface area contributed by atoms with Gasteiger partial charge in [-0.1, -0.05) is 24.3 Å². The van der Waals surface area contributed by atoms with Gasteiger partial charge < -0.3 is 20.1 Å². The lowest BCUT2D eigenvalue weighted by Crippen LogP contribution is -2.48. The minimum Gasteiger partial charge on any atom is -0.462 e. The van der Waals surface area contributed by atoms with Gasteiger partial charge >= 0.3 is 5.97 Å². The zero-order valence-corrected chi connectivity index (χ0v) is 15.1. The van der Waals surface area contributed by atoms with E-state index in [2.05, 4.69) is 6.58 Å². The summed E-state index contributed by atoms with van der Waals surface area (Å²) < 4.78 is 10.6. The smallest absolute Gasteiger partial charge is 0.339 e. The molecule has 1 amide bonds. The van der Waals surface area contributed by atoms with Gasteiger partial charge in [0.25, 0.3) is 0 Å². The molecule has 2 N–H and O–H groups in total. The summed E-state index contributed by atoms with van der Waals surface area (Å²) in [6.07, 6.45) is 1.58. The van der Waals surface area contributed by atoms with E-state index < -0.39 is 17.3 Å². The molecule has 2 aliphatic rings. The molecule has 0 bridgehead atoms. The maximum absolute atomic E-state index is 13.6. The number of fused-ring (bicyclic) bond motifs is 2. The van der Waals surface area contributed by atoms with E-state index in [1.807, 2.05) is 6.07 Å². The molecule has 2 aliphatic heterocycles. The molecule has 0 saturated heterocycles. The molecule has 7 heteroatoms. The van der Waals surface area contributed by atoms with Gasteiger partial charge in [0.05, 0.1) is 6.61 Å². The first-order valence-corrected chi connectivity index (χ1v) is 8.44. The number of benzene rings is 1. The van der Waals surface area contributed by atoms with Crippen molar-refractivity contribution < 1.29 is 19.1 Å². The average molecular weight is 365 g/mol. The Bertz CT molecular complexity index is 954. The van der Waals surface area contributed by atoms with Crippen LogP contribution in [0.25, 0.3) is 0 Å². The Morgan fingerprint density at radius 1 is 1.48 bits per heavy atom. The molecule has 0 fully saturated rings. The molecule has 27 heavy (non-hydrogen) atoms. The van der Waals surface area contributed by atoms with Crippen molar-refractivity contribution in [3.8, 4) is 6.07 Å². The summed E-state index contributed by atoms with van der Waals surface area (Å²) >= 11 is 0.